The van der Waals surface area contributed by atoms with Gasteiger partial charge in [0, 0.05) is 7.05 Å². The maximum absolute atomic E-state index is 13.0. The normalized spacial score (nSPS) is 14.7. The van der Waals surface area contributed by atoms with Crippen LogP contribution in [0.25, 0.3) is 5.69 Å². The molecule has 156 valence electrons. The standard InChI is InChI=1S/C12H10Cl2F5N5O2S2/c1-21-12-10(23-27(2,25)26)9(5-20)22-24(12)11-7(13)3-6(4-8(11)14)28(15,16,17,18)19/h3-4,21,23H,1-2H3. The minimum Gasteiger partial charge on any atom is -0.371 e. The summed E-state index contributed by atoms with van der Waals surface area (Å²) >= 11 is 11.5. The largest absolute Gasteiger partial charge is 0.371 e. The van der Waals surface area contributed by atoms with Gasteiger partial charge in [-0.05, 0) is 12.1 Å². The van der Waals surface area contributed by atoms with E-state index in [4.69, 9.17) is 28.5 Å². The van der Waals surface area contributed by atoms with Crippen LogP contribution in [-0.2, 0) is 10.0 Å². The minimum atomic E-state index is -10.1. The summed E-state index contributed by atoms with van der Waals surface area (Å²) in [7, 11) is -12.7. The first-order valence-corrected chi connectivity index (χ1v) is 11.4. The number of sulfonamides is 1. The Bertz CT molecular complexity index is 1100. The quantitative estimate of drug-likeness (QED) is 0.572. The van der Waals surface area contributed by atoms with Crippen molar-refractivity contribution >= 4 is 55.0 Å². The fraction of sp³-hybridized carbons (Fsp3) is 0.167. The lowest BCUT2D eigenvalue weighted by molar-refractivity contribution is 0.364. The van der Waals surface area contributed by atoms with Gasteiger partial charge in [-0.15, -0.1) is 0 Å². The van der Waals surface area contributed by atoms with Gasteiger partial charge in [0.15, 0.2) is 11.5 Å². The molecule has 0 saturated heterocycles. The number of nitrogens with zero attached hydrogens (tertiary/aromatic N) is 3. The van der Waals surface area contributed by atoms with E-state index in [2.05, 4.69) is 10.4 Å². The molecule has 1 aromatic heterocycles. The van der Waals surface area contributed by atoms with E-state index < -0.39 is 46.6 Å². The zero-order valence-corrected chi connectivity index (χ0v) is 16.9. The molecule has 7 nitrogen and oxygen atoms in total. The van der Waals surface area contributed by atoms with E-state index in [1.54, 1.807) is 6.07 Å². The van der Waals surface area contributed by atoms with Crippen molar-refractivity contribution in [1.29, 1.82) is 5.26 Å². The highest BCUT2D eigenvalue weighted by Gasteiger charge is 2.65. The molecule has 0 radical (unpaired) electrons. The van der Waals surface area contributed by atoms with E-state index in [-0.39, 0.29) is 23.6 Å². The summed E-state index contributed by atoms with van der Waals surface area (Å²) in [5.74, 6) is -0.217. The van der Waals surface area contributed by atoms with Crippen LogP contribution < -0.4 is 10.0 Å². The van der Waals surface area contributed by atoms with Gasteiger partial charge in [0.2, 0.25) is 10.0 Å². The fourth-order valence-corrected chi connectivity index (χ4v) is 4.16. The highest BCUT2D eigenvalue weighted by molar-refractivity contribution is 8.45. The Balaban J connectivity index is 2.82. The number of anilines is 2. The Kier molecular flexibility index (Phi) is 4.80. The van der Waals surface area contributed by atoms with Gasteiger partial charge in [-0.2, -0.15) is 10.4 Å². The average Bonchev–Trinajstić information content (AvgIpc) is 2.79. The first kappa shape index (κ1) is 22.3. The number of halogens is 7. The molecule has 2 rings (SSSR count). The number of nitrogens with one attached hydrogen (secondary N) is 2. The smallest absolute Gasteiger partial charge is 0.310 e. The lowest BCUT2D eigenvalue weighted by Crippen LogP contribution is -2.12. The van der Waals surface area contributed by atoms with E-state index in [9.17, 15) is 27.8 Å². The third-order valence-electron chi connectivity index (χ3n) is 3.16. The fourth-order valence-electron chi connectivity index (χ4n) is 2.14. The lowest BCUT2D eigenvalue weighted by Gasteiger charge is -2.40. The molecule has 2 N–H and O–H groups in total. The Morgan fingerprint density at radius 2 is 1.68 bits per heavy atom. The van der Waals surface area contributed by atoms with Crippen LogP contribution in [0.2, 0.25) is 10.0 Å². The molecule has 0 atom stereocenters. The number of benzene rings is 1. The number of hydrogen-bond donors (Lipinski definition) is 2. The molecule has 0 bridgehead atoms. The maximum Gasteiger partial charge on any atom is 0.310 e. The molecular formula is C12H10Cl2F5N5O2S2. The van der Waals surface area contributed by atoms with Gasteiger partial charge in [-0.25, -0.2) is 13.1 Å². The Hall–Kier alpha value is -1.95. The van der Waals surface area contributed by atoms with Gasteiger partial charge in [0.25, 0.3) is 0 Å². The molecule has 1 aromatic carbocycles. The SMILES string of the molecule is CNc1c(NS(C)(=O)=O)c(C#N)nn1-c1c(Cl)cc(S(F)(F)(F)(F)F)cc1Cl. The van der Waals surface area contributed by atoms with Crippen molar-refractivity contribution in [2.24, 2.45) is 0 Å². The Morgan fingerprint density at radius 3 is 2.04 bits per heavy atom. The van der Waals surface area contributed by atoms with Gasteiger partial charge >= 0.3 is 10.2 Å². The zero-order chi connectivity index (χ0) is 21.8. The first-order valence-electron chi connectivity index (χ1n) is 6.80. The van der Waals surface area contributed by atoms with Crippen LogP contribution in [-0.4, -0.2) is 31.5 Å². The number of hydrogen-bond acceptors (Lipinski definition) is 5. The molecule has 0 aliphatic carbocycles. The van der Waals surface area contributed by atoms with Crippen molar-refractivity contribution in [3.8, 4) is 11.8 Å². The molecule has 0 aliphatic rings. The summed E-state index contributed by atoms with van der Waals surface area (Å²) in [6.07, 6.45) is 0.786. The molecule has 0 saturated carbocycles. The van der Waals surface area contributed by atoms with Crippen LogP contribution >= 0.6 is 33.4 Å². The first-order chi connectivity index (χ1) is 12.4. The third kappa shape index (κ3) is 4.54. The molecule has 0 spiro atoms. The summed E-state index contributed by atoms with van der Waals surface area (Å²) < 4.78 is 90.9. The van der Waals surface area contributed by atoms with E-state index in [0.29, 0.717) is 0 Å². The monoisotopic (exact) mass is 485 g/mol. The molecule has 2 aromatic rings. The van der Waals surface area contributed by atoms with Crippen LogP contribution in [0.15, 0.2) is 17.0 Å². The summed E-state index contributed by atoms with van der Waals surface area (Å²) in [4.78, 5) is -2.31. The summed E-state index contributed by atoms with van der Waals surface area (Å²) in [6, 6.07) is 1.54. The van der Waals surface area contributed by atoms with Crippen molar-refractivity contribution in [1.82, 2.24) is 9.78 Å². The summed E-state index contributed by atoms with van der Waals surface area (Å²) in [6.45, 7) is 0. The van der Waals surface area contributed by atoms with Crippen LogP contribution in [0.3, 0.4) is 0 Å². The average molecular weight is 486 g/mol. The molecule has 0 aliphatic heterocycles. The second-order valence-corrected chi connectivity index (χ2v) is 10.4. The molecular weight excluding hydrogens is 476 g/mol. The third-order valence-corrected chi connectivity index (χ3v) is 5.44. The number of nitriles is 1. The van der Waals surface area contributed by atoms with Gasteiger partial charge < -0.3 is 5.32 Å². The molecule has 28 heavy (non-hydrogen) atoms. The van der Waals surface area contributed by atoms with Crippen LogP contribution in [0, 0.1) is 11.3 Å². The van der Waals surface area contributed by atoms with E-state index in [1.807, 2.05) is 4.72 Å². The highest BCUT2D eigenvalue weighted by Crippen LogP contribution is 3.02. The summed E-state index contributed by atoms with van der Waals surface area (Å²) in [5, 5.41) is 13.7. The van der Waals surface area contributed by atoms with Crippen molar-refractivity contribution in [2.45, 2.75) is 4.90 Å². The summed E-state index contributed by atoms with van der Waals surface area (Å²) in [5.41, 5.74) is -1.29. The maximum atomic E-state index is 13.0. The zero-order valence-electron chi connectivity index (χ0n) is 13.8. The topological polar surface area (TPSA) is 99.8 Å². The van der Waals surface area contributed by atoms with Crippen LogP contribution in [0.4, 0.5) is 30.9 Å². The predicted octanol–water partition coefficient (Wildman–Crippen LogP) is 5.12. The van der Waals surface area contributed by atoms with E-state index in [0.717, 1.165) is 10.9 Å². The van der Waals surface area contributed by atoms with Crippen LogP contribution in [0.5, 0.6) is 0 Å². The molecule has 0 amide bonds. The number of rotatable bonds is 5. The van der Waals surface area contributed by atoms with Gasteiger partial charge in [0.05, 0.1) is 16.3 Å². The van der Waals surface area contributed by atoms with Crippen molar-refractivity contribution in [3.63, 3.8) is 0 Å². The highest BCUT2D eigenvalue weighted by atomic mass is 35.5. The molecule has 0 unspecified atom stereocenters. The Morgan fingerprint density at radius 1 is 1.18 bits per heavy atom. The molecule has 16 heteroatoms. The second kappa shape index (κ2) is 6.02. The van der Waals surface area contributed by atoms with Gasteiger partial charge in [-0.3, -0.25) is 4.72 Å². The molecule has 1 heterocycles. The van der Waals surface area contributed by atoms with Gasteiger partial charge in [0.1, 0.15) is 22.3 Å². The number of aromatic nitrogens is 2. The predicted molar refractivity (Wildman–Crippen MR) is 97.7 cm³/mol. The van der Waals surface area contributed by atoms with Crippen molar-refractivity contribution < 1.29 is 27.8 Å². The lowest BCUT2D eigenvalue weighted by atomic mass is 10.3. The molecule has 0 fully saturated rings. The van der Waals surface area contributed by atoms with Crippen LogP contribution in [0.1, 0.15) is 5.69 Å². The van der Waals surface area contributed by atoms with Gasteiger partial charge in [-0.1, -0.05) is 42.6 Å². The Labute approximate surface area is 165 Å². The second-order valence-electron chi connectivity index (χ2n) is 5.42. The van der Waals surface area contributed by atoms with E-state index in [1.165, 1.54) is 7.05 Å². The minimum absolute atomic E-state index is 0.0266. The van der Waals surface area contributed by atoms with Crippen molar-refractivity contribution in [3.05, 3.63) is 27.9 Å². The van der Waals surface area contributed by atoms with Crippen molar-refractivity contribution in [2.75, 3.05) is 23.3 Å². The van der Waals surface area contributed by atoms with E-state index >= 15 is 0 Å².